The van der Waals surface area contributed by atoms with E-state index in [0.717, 1.165) is 19.3 Å². The minimum Gasteiger partial charge on any atom is -0.462 e. The zero-order valence-electron chi connectivity index (χ0n) is 12.0. The molecule has 0 amide bonds. The van der Waals surface area contributed by atoms with Crippen molar-refractivity contribution in [2.75, 3.05) is 6.61 Å². The van der Waals surface area contributed by atoms with Crippen LogP contribution in [0.4, 0.5) is 4.39 Å². The highest BCUT2D eigenvalue weighted by molar-refractivity contribution is 5.98. The quantitative estimate of drug-likeness (QED) is 0.473. The highest BCUT2D eigenvalue weighted by atomic mass is 19.1. The molecule has 1 fully saturated rings. The Morgan fingerprint density at radius 1 is 1.29 bits per heavy atom. The number of esters is 1. The van der Waals surface area contributed by atoms with Crippen LogP contribution in [-0.2, 0) is 9.53 Å². The van der Waals surface area contributed by atoms with Crippen LogP contribution in [0.2, 0.25) is 0 Å². The number of rotatable bonds is 5. The molecule has 0 spiro atoms. The van der Waals surface area contributed by atoms with Crippen molar-refractivity contribution in [3.63, 3.8) is 0 Å². The van der Waals surface area contributed by atoms with Crippen molar-refractivity contribution in [3.8, 4) is 0 Å². The monoisotopic (exact) mass is 290 g/mol. The van der Waals surface area contributed by atoms with Gasteiger partial charge in [-0.25, -0.2) is 4.39 Å². The van der Waals surface area contributed by atoms with Crippen LogP contribution in [0.3, 0.4) is 0 Å². The van der Waals surface area contributed by atoms with Gasteiger partial charge in [0.15, 0.2) is 5.78 Å². The molecule has 0 bridgehead atoms. The van der Waals surface area contributed by atoms with Gasteiger partial charge >= 0.3 is 5.97 Å². The summed E-state index contributed by atoms with van der Waals surface area (Å²) >= 11 is 0. The largest absolute Gasteiger partial charge is 0.462 e. The van der Waals surface area contributed by atoms with E-state index in [4.69, 9.17) is 4.74 Å². The zero-order valence-corrected chi connectivity index (χ0v) is 12.0. The van der Waals surface area contributed by atoms with Crippen molar-refractivity contribution in [3.05, 3.63) is 47.8 Å². The molecular formula is C17H19FO3. The van der Waals surface area contributed by atoms with Gasteiger partial charge in [0.1, 0.15) is 12.4 Å². The lowest BCUT2D eigenvalue weighted by Gasteiger charge is -2.15. The molecule has 0 heterocycles. The van der Waals surface area contributed by atoms with E-state index in [0.29, 0.717) is 5.56 Å². The van der Waals surface area contributed by atoms with Gasteiger partial charge in [0, 0.05) is 18.4 Å². The van der Waals surface area contributed by atoms with Crippen LogP contribution in [0, 0.1) is 17.7 Å². The van der Waals surface area contributed by atoms with Gasteiger partial charge in [0.05, 0.1) is 0 Å². The molecule has 0 saturated heterocycles. The average Bonchev–Trinajstić information content (AvgIpc) is 2.92. The van der Waals surface area contributed by atoms with Crippen LogP contribution >= 0.6 is 0 Å². The minimum absolute atomic E-state index is 0.0645. The number of halogens is 1. The van der Waals surface area contributed by atoms with Gasteiger partial charge in [-0.1, -0.05) is 18.6 Å². The Kier molecular flexibility index (Phi) is 5.26. The number of hydrogen-bond acceptors (Lipinski definition) is 3. The van der Waals surface area contributed by atoms with Gasteiger partial charge in [0.2, 0.25) is 0 Å². The maximum absolute atomic E-state index is 12.9. The van der Waals surface area contributed by atoms with E-state index in [1.807, 2.05) is 6.08 Å². The van der Waals surface area contributed by atoms with Gasteiger partial charge in [0.25, 0.3) is 0 Å². The molecule has 0 N–H and O–H groups in total. The van der Waals surface area contributed by atoms with E-state index >= 15 is 0 Å². The topological polar surface area (TPSA) is 43.4 Å². The molecular weight excluding hydrogens is 271 g/mol. The summed E-state index contributed by atoms with van der Waals surface area (Å²) in [7, 11) is 0. The minimum atomic E-state index is -0.337. The summed E-state index contributed by atoms with van der Waals surface area (Å²) in [6, 6.07) is 5.70. The second-order valence-corrected chi connectivity index (χ2v) is 5.30. The maximum Gasteiger partial charge on any atom is 0.302 e. The molecule has 1 saturated carbocycles. The Morgan fingerprint density at radius 3 is 2.67 bits per heavy atom. The first-order valence-corrected chi connectivity index (χ1v) is 7.17. The van der Waals surface area contributed by atoms with E-state index in [2.05, 4.69) is 0 Å². The van der Waals surface area contributed by atoms with Gasteiger partial charge in [-0.05, 0) is 43.0 Å². The molecule has 0 radical (unpaired) electrons. The Balaban J connectivity index is 1.99. The number of ether oxygens (including phenoxy) is 1. The van der Waals surface area contributed by atoms with Gasteiger partial charge in [-0.3, -0.25) is 9.59 Å². The van der Waals surface area contributed by atoms with Crippen molar-refractivity contribution in [2.24, 2.45) is 11.8 Å². The molecule has 0 aliphatic heterocycles. The van der Waals surface area contributed by atoms with Crippen LogP contribution < -0.4 is 0 Å². The van der Waals surface area contributed by atoms with Crippen LogP contribution in [-0.4, -0.2) is 18.4 Å². The molecule has 21 heavy (non-hydrogen) atoms. The lowest BCUT2D eigenvalue weighted by atomic mass is 9.88. The highest BCUT2D eigenvalue weighted by Gasteiger charge is 2.31. The molecule has 1 aromatic carbocycles. The van der Waals surface area contributed by atoms with Crippen molar-refractivity contribution in [2.45, 2.75) is 26.2 Å². The first-order chi connectivity index (χ1) is 10.1. The molecule has 4 heteroatoms. The number of hydrogen-bond donors (Lipinski definition) is 0. The summed E-state index contributed by atoms with van der Waals surface area (Å²) < 4.78 is 17.8. The number of ketones is 1. The summed E-state index contributed by atoms with van der Waals surface area (Å²) in [6.45, 7) is 1.60. The molecule has 2 atom stereocenters. The second-order valence-electron chi connectivity index (χ2n) is 5.30. The Bertz CT molecular complexity index is 533. The fourth-order valence-corrected chi connectivity index (χ4v) is 2.77. The fraction of sp³-hybridized carbons (Fsp3) is 0.412. The maximum atomic E-state index is 12.9. The smallest absolute Gasteiger partial charge is 0.302 e. The van der Waals surface area contributed by atoms with E-state index in [1.165, 1.54) is 31.2 Å². The average molecular weight is 290 g/mol. The van der Waals surface area contributed by atoms with Gasteiger partial charge < -0.3 is 4.74 Å². The number of carbonyl (C=O) groups excluding carboxylic acids is 2. The third-order valence-corrected chi connectivity index (χ3v) is 3.80. The lowest BCUT2D eigenvalue weighted by Crippen LogP contribution is -2.18. The van der Waals surface area contributed by atoms with E-state index < -0.39 is 0 Å². The summed E-state index contributed by atoms with van der Waals surface area (Å²) in [5.41, 5.74) is 0.557. The SMILES string of the molecule is CC(=O)OC/C=C/[C@H]1CCC[C@@H]1C(=O)c1ccc(F)cc1. The third-order valence-electron chi connectivity index (χ3n) is 3.80. The molecule has 112 valence electrons. The molecule has 2 rings (SSSR count). The van der Waals surface area contributed by atoms with E-state index in [-0.39, 0.29) is 36.0 Å². The number of carbonyl (C=O) groups is 2. The van der Waals surface area contributed by atoms with E-state index in [9.17, 15) is 14.0 Å². The van der Waals surface area contributed by atoms with Crippen LogP contribution in [0.25, 0.3) is 0 Å². The lowest BCUT2D eigenvalue weighted by molar-refractivity contribution is -0.139. The fourth-order valence-electron chi connectivity index (χ4n) is 2.77. The first-order valence-electron chi connectivity index (χ1n) is 7.17. The Morgan fingerprint density at radius 2 is 2.00 bits per heavy atom. The first kappa shape index (κ1) is 15.4. The summed E-state index contributed by atoms with van der Waals surface area (Å²) in [5, 5.41) is 0. The molecule has 1 aromatic rings. The number of benzene rings is 1. The van der Waals surface area contributed by atoms with Crippen LogP contribution in [0.15, 0.2) is 36.4 Å². The number of allylic oxidation sites excluding steroid dienone is 1. The van der Waals surface area contributed by atoms with Crippen molar-refractivity contribution in [1.29, 1.82) is 0 Å². The van der Waals surface area contributed by atoms with Crippen LogP contribution in [0.5, 0.6) is 0 Å². The zero-order chi connectivity index (χ0) is 15.2. The predicted molar refractivity (Wildman–Crippen MR) is 77.3 cm³/mol. The predicted octanol–water partition coefficient (Wildman–Crippen LogP) is 3.54. The highest BCUT2D eigenvalue weighted by Crippen LogP contribution is 2.35. The van der Waals surface area contributed by atoms with E-state index in [1.54, 1.807) is 6.08 Å². The molecule has 1 aliphatic rings. The van der Waals surface area contributed by atoms with Crippen molar-refractivity contribution in [1.82, 2.24) is 0 Å². The van der Waals surface area contributed by atoms with Crippen molar-refractivity contribution >= 4 is 11.8 Å². The third kappa shape index (κ3) is 4.25. The van der Waals surface area contributed by atoms with Gasteiger partial charge in [-0.2, -0.15) is 0 Å². The number of Topliss-reactive ketones (excluding diaryl/α,β-unsaturated/α-hetero) is 1. The molecule has 0 unspecified atom stereocenters. The van der Waals surface area contributed by atoms with Crippen LogP contribution in [0.1, 0.15) is 36.5 Å². The summed E-state index contributed by atoms with van der Waals surface area (Å²) in [6.07, 6.45) is 6.55. The Labute approximate surface area is 123 Å². The summed E-state index contributed by atoms with van der Waals surface area (Å²) in [4.78, 5) is 23.2. The normalized spacial score (nSPS) is 21.6. The Hall–Kier alpha value is -1.97. The standard InChI is InChI=1S/C17H19FO3/c1-12(19)21-11-3-5-13-4-2-6-16(13)17(20)14-7-9-15(18)10-8-14/h3,5,7-10,13,16H,2,4,6,11H2,1H3/b5-3+/t13-,16+/m1/s1. The summed E-state index contributed by atoms with van der Waals surface area (Å²) in [5.74, 6) is -0.488. The second kappa shape index (κ2) is 7.16. The molecule has 1 aliphatic carbocycles. The van der Waals surface area contributed by atoms with Crippen molar-refractivity contribution < 1.29 is 18.7 Å². The molecule has 0 aromatic heterocycles. The molecule has 3 nitrogen and oxygen atoms in total. The van der Waals surface area contributed by atoms with Gasteiger partial charge in [-0.15, -0.1) is 0 Å².